The van der Waals surface area contributed by atoms with E-state index in [0.717, 1.165) is 36.4 Å². The molecular weight excluding hydrogens is 307 g/mol. The molecule has 1 N–H and O–H groups in total. The first-order valence-electron chi connectivity index (χ1n) is 8.06. The second-order valence-electron chi connectivity index (χ2n) is 5.99. The number of anilines is 2. The lowest BCUT2D eigenvalue weighted by atomic mass is 10.1. The number of amides is 1. The molecule has 2 aromatic carbocycles. The molecule has 1 unspecified atom stereocenters. The molecule has 4 nitrogen and oxygen atoms in total. The zero-order chi connectivity index (χ0) is 16.9. The van der Waals surface area contributed by atoms with Gasteiger partial charge >= 0.3 is 0 Å². The van der Waals surface area contributed by atoms with Crippen LogP contribution in [-0.2, 0) is 16.0 Å². The zero-order valence-corrected chi connectivity index (χ0v) is 13.7. The van der Waals surface area contributed by atoms with Crippen molar-refractivity contribution >= 4 is 17.3 Å². The van der Waals surface area contributed by atoms with Crippen molar-refractivity contribution in [2.24, 2.45) is 0 Å². The summed E-state index contributed by atoms with van der Waals surface area (Å²) >= 11 is 0. The number of carbonyl (C=O) groups excluding carboxylic acids is 1. The van der Waals surface area contributed by atoms with Crippen molar-refractivity contribution in [3.05, 3.63) is 59.9 Å². The molecule has 1 amide bonds. The lowest BCUT2D eigenvalue weighted by Gasteiger charge is -2.18. The summed E-state index contributed by atoms with van der Waals surface area (Å²) in [5.74, 6) is -0.414. The van der Waals surface area contributed by atoms with Crippen molar-refractivity contribution in [3.63, 3.8) is 0 Å². The highest BCUT2D eigenvalue weighted by Gasteiger charge is 2.22. The molecule has 1 saturated heterocycles. The van der Waals surface area contributed by atoms with Crippen LogP contribution < -0.4 is 10.2 Å². The summed E-state index contributed by atoms with van der Waals surface area (Å²) in [5.41, 5.74) is 2.67. The number of benzene rings is 2. The van der Waals surface area contributed by atoms with Gasteiger partial charge in [0, 0.05) is 31.6 Å². The largest absolute Gasteiger partial charge is 0.380 e. The smallest absolute Gasteiger partial charge is 0.228 e. The van der Waals surface area contributed by atoms with Crippen LogP contribution >= 0.6 is 0 Å². The van der Waals surface area contributed by atoms with E-state index in [1.165, 1.54) is 12.1 Å². The molecule has 1 aliphatic heterocycles. The number of ether oxygens (including phenoxy) is 1. The number of nitrogens with one attached hydrogen (secondary N) is 1. The molecule has 0 aliphatic carbocycles. The first kappa shape index (κ1) is 16.5. The van der Waals surface area contributed by atoms with Crippen molar-refractivity contribution in [3.8, 4) is 0 Å². The predicted molar refractivity (Wildman–Crippen MR) is 92.8 cm³/mol. The van der Waals surface area contributed by atoms with Crippen LogP contribution in [0.2, 0.25) is 0 Å². The van der Waals surface area contributed by atoms with Gasteiger partial charge in [-0.25, -0.2) is 4.39 Å². The van der Waals surface area contributed by atoms with Gasteiger partial charge in [-0.3, -0.25) is 4.79 Å². The second-order valence-corrected chi connectivity index (χ2v) is 5.99. The Labute approximate surface area is 141 Å². The molecule has 0 aromatic heterocycles. The van der Waals surface area contributed by atoms with Gasteiger partial charge in [-0.15, -0.1) is 0 Å². The molecule has 1 fully saturated rings. The monoisotopic (exact) mass is 328 g/mol. The fourth-order valence-electron chi connectivity index (χ4n) is 2.90. The van der Waals surface area contributed by atoms with E-state index in [-0.39, 0.29) is 18.1 Å². The van der Waals surface area contributed by atoms with E-state index < -0.39 is 0 Å². The van der Waals surface area contributed by atoms with E-state index in [9.17, 15) is 9.18 Å². The van der Waals surface area contributed by atoms with E-state index in [1.807, 2.05) is 24.3 Å². The normalized spacial score (nSPS) is 17.1. The summed E-state index contributed by atoms with van der Waals surface area (Å²) in [6.45, 7) is 1.88. The minimum absolute atomic E-state index is 0.116. The Hall–Kier alpha value is -2.40. The number of nitrogens with zero attached hydrogens (tertiary/aromatic N) is 1. The molecule has 3 rings (SSSR count). The van der Waals surface area contributed by atoms with Crippen LogP contribution in [-0.4, -0.2) is 32.2 Å². The van der Waals surface area contributed by atoms with Crippen LogP contribution in [0.4, 0.5) is 15.8 Å². The van der Waals surface area contributed by atoms with Gasteiger partial charge in [0.2, 0.25) is 5.91 Å². The van der Waals surface area contributed by atoms with Crippen molar-refractivity contribution < 1.29 is 13.9 Å². The van der Waals surface area contributed by atoms with Gasteiger partial charge in [0.15, 0.2) is 0 Å². The average molecular weight is 328 g/mol. The fourth-order valence-corrected chi connectivity index (χ4v) is 2.90. The van der Waals surface area contributed by atoms with Crippen LogP contribution in [0.15, 0.2) is 48.5 Å². The molecule has 5 heteroatoms. The summed E-state index contributed by atoms with van der Waals surface area (Å²) in [4.78, 5) is 14.3. The quantitative estimate of drug-likeness (QED) is 0.916. The third-order valence-electron chi connectivity index (χ3n) is 4.27. The van der Waals surface area contributed by atoms with Gasteiger partial charge in [0.1, 0.15) is 5.82 Å². The third kappa shape index (κ3) is 4.11. The molecule has 0 saturated carbocycles. The number of carbonyl (C=O) groups is 1. The van der Waals surface area contributed by atoms with Crippen LogP contribution in [0.1, 0.15) is 12.0 Å². The molecule has 1 aliphatic rings. The molecular formula is C19H21FN2O2. The lowest BCUT2D eigenvalue weighted by molar-refractivity contribution is -0.115. The Morgan fingerprint density at radius 1 is 1.21 bits per heavy atom. The first-order chi connectivity index (χ1) is 11.6. The number of methoxy groups -OCH3 is 1. The number of hydrogen-bond donors (Lipinski definition) is 1. The van der Waals surface area contributed by atoms with Gasteiger partial charge in [-0.2, -0.15) is 0 Å². The maximum Gasteiger partial charge on any atom is 0.228 e. The van der Waals surface area contributed by atoms with Gasteiger partial charge in [0.05, 0.1) is 12.5 Å². The van der Waals surface area contributed by atoms with Crippen molar-refractivity contribution in [2.45, 2.75) is 18.9 Å². The fraction of sp³-hybridized carbons (Fsp3) is 0.316. The predicted octanol–water partition coefficient (Wildman–Crippen LogP) is 3.23. The standard InChI is InChI=1S/C19H21FN2O2/c1-24-18-10-11-22(13-18)17-8-6-16(7-9-17)21-19(23)12-14-2-4-15(20)5-3-14/h2-9,18H,10-13H2,1H3,(H,21,23). The molecule has 0 bridgehead atoms. The summed E-state index contributed by atoms with van der Waals surface area (Å²) in [6.07, 6.45) is 1.55. The minimum Gasteiger partial charge on any atom is -0.380 e. The molecule has 2 aromatic rings. The van der Waals surface area contributed by atoms with E-state index in [1.54, 1.807) is 19.2 Å². The van der Waals surface area contributed by atoms with Crippen LogP contribution in [0.3, 0.4) is 0 Å². The summed E-state index contributed by atoms with van der Waals surface area (Å²) in [6, 6.07) is 13.8. The molecule has 1 heterocycles. The molecule has 24 heavy (non-hydrogen) atoms. The van der Waals surface area contributed by atoms with Gasteiger partial charge in [-0.05, 0) is 48.4 Å². The maximum atomic E-state index is 12.9. The highest BCUT2D eigenvalue weighted by molar-refractivity contribution is 5.92. The summed E-state index contributed by atoms with van der Waals surface area (Å²) in [7, 11) is 1.74. The highest BCUT2D eigenvalue weighted by atomic mass is 19.1. The van der Waals surface area contributed by atoms with Crippen LogP contribution in [0.25, 0.3) is 0 Å². The molecule has 0 radical (unpaired) electrons. The molecule has 0 spiro atoms. The van der Waals surface area contributed by atoms with E-state index in [0.29, 0.717) is 6.10 Å². The van der Waals surface area contributed by atoms with E-state index in [2.05, 4.69) is 10.2 Å². The summed E-state index contributed by atoms with van der Waals surface area (Å²) in [5, 5.41) is 2.87. The van der Waals surface area contributed by atoms with Crippen LogP contribution in [0, 0.1) is 5.82 Å². The van der Waals surface area contributed by atoms with Crippen molar-refractivity contribution in [2.75, 3.05) is 30.4 Å². The number of halogens is 1. The van der Waals surface area contributed by atoms with E-state index in [4.69, 9.17) is 4.74 Å². The third-order valence-corrected chi connectivity index (χ3v) is 4.27. The topological polar surface area (TPSA) is 41.6 Å². The Balaban J connectivity index is 1.56. The Bertz CT molecular complexity index is 686. The van der Waals surface area contributed by atoms with Gasteiger partial charge in [0.25, 0.3) is 0 Å². The first-order valence-corrected chi connectivity index (χ1v) is 8.06. The maximum absolute atomic E-state index is 12.9. The zero-order valence-electron chi connectivity index (χ0n) is 13.7. The van der Waals surface area contributed by atoms with E-state index >= 15 is 0 Å². The number of hydrogen-bond acceptors (Lipinski definition) is 3. The Morgan fingerprint density at radius 3 is 2.54 bits per heavy atom. The average Bonchev–Trinajstić information content (AvgIpc) is 3.07. The van der Waals surface area contributed by atoms with Crippen molar-refractivity contribution in [1.82, 2.24) is 0 Å². The Kier molecular flexibility index (Phi) is 5.11. The molecule has 1 atom stereocenters. The summed E-state index contributed by atoms with van der Waals surface area (Å²) < 4.78 is 18.3. The minimum atomic E-state index is -0.299. The Morgan fingerprint density at radius 2 is 1.92 bits per heavy atom. The SMILES string of the molecule is COC1CCN(c2ccc(NC(=O)Cc3ccc(F)cc3)cc2)C1. The number of rotatable bonds is 5. The highest BCUT2D eigenvalue weighted by Crippen LogP contribution is 2.23. The molecule has 126 valence electrons. The van der Waals surface area contributed by atoms with Gasteiger partial charge in [-0.1, -0.05) is 12.1 Å². The second kappa shape index (κ2) is 7.45. The van der Waals surface area contributed by atoms with Gasteiger partial charge < -0.3 is 15.0 Å². The van der Waals surface area contributed by atoms with Crippen molar-refractivity contribution in [1.29, 1.82) is 0 Å². The van der Waals surface area contributed by atoms with Crippen LogP contribution in [0.5, 0.6) is 0 Å². The lowest BCUT2D eigenvalue weighted by Crippen LogP contribution is -2.22.